The molecule has 1 rings (SSSR count). The highest BCUT2D eigenvalue weighted by Gasteiger charge is 2.24. The highest BCUT2D eigenvalue weighted by Crippen LogP contribution is 2.30. The van der Waals surface area contributed by atoms with Gasteiger partial charge in [-0.05, 0) is 25.7 Å². The normalized spacial score (nSPS) is 30.6. The summed E-state index contributed by atoms with van der Waals surface area (Å²) in [4.78, 5) is 11.4. The van der Waals surface area contributed by atoms with Crippen molar-refractivity contribution in [2.45, 2.75) is 58.8 Å². The third-order valence-electron chi connectivity index (χ3n) is 3.46. The van der Waals surface area contributed by atoms with E-state index in [0.717, 1.165) is 6.42 Å². The van der Waals surface area contributed by atoms with Gasteiger partial charge in [-0.25, -0.2) is 0 Å². The van der Waals surface area contributed by atoms with Gasteiger partial charge in [0, 0.05) is 5.92 Å². The summed E-state index contributed by atoms with van der Waals surface area (Å²) >= 11 is 0. The summed E-state index contributed by atoms with van der Waals surface area (Å²) in [5.74, 6) is 1.48. The number of hydrogen-bond donors (Lipinski definition) is 0. The average molecular weight is 182 g/mol. The van der Waals surface area contributed by atoms with Crippen LogP contribution in [0.15, 0.2) is 0 Å². The molecule has 1 aliphatic rings. The lowest BCUT2D eigenvalue weighted by atomic mass is 9.78. The van der Waals surface area contributed by atoms with Crippen molar-refractivity contribution in [3.8, 4) is 0 Å². The minimum absolute atomic E-state index is 0.380. The van der Waals surface area contributed by atoms with Crippen LogP contribution in [-0.4, -0.2) is 5.78 Å². The van der Waals surface area contributed by atoms with E-state index in [1.807, 2.05) is 0 Å². The van der Waals surface area contributed by atoms with Crippen molar-refractivity contribution in [3.63, 3.8) is 0 Å². The molecular weight excluding hydrogens is 160 g/mol. The van der Waals surface area contributed by atoms with Gasteiger partial charge in [0.1, 0.15) is 5.78 Å². The molecule has 1 saturated carbocycles. The number of rotatable bonds is 2. The SMILES string of the molecule is CC[C@@H]1CCCCCCC1C(C)=O. The van der Waals surface area contributed by atoms with Gasteiger partial charge >= 0.3 is 0 Å². The molecule has 0 amide bonds. The zero-order valence-corrected chi connectivity index (χ0v) is 9.01. The minimum Gasteiger partial charge on any atom is -0.300 e. The van der Waals surface area contributed by atoms with Gasteiger partial charge in [-0.15, -0.1) is 0 Å². The fraction of sp³-hybridized carbons (Fsp3) is 0.917. The Morgan fingerprint density at radius 2 is 1.77 bits per heavy atom. The quantitative estimate of drug-likeness (QED) is 0.638. The highest BCUT2D eigenvalue weighted by atomic mass is 16.1. The predicted molar refractivity (Wildman–Crippen MR) is 55.7 cm³/mol. The van der Waals surface area contributed by atoms with Crippen LogP contribution in [0.5, 0.6) is 0 Å². The Labute approximate surface area is 81.9 Å². The summed E-state index contributed by atoms with van der Waals surface area (Å²) in [6, 6.07) is 0. The van der Waals surface area contributed by atoms with Gasteiger partial charge in [-0.1, -0.05) is 39.0 Å². The molecular formula is C12H22O. The maximum Gasteiger partial charge on any atom is 0.133 e. The molecule has 0 aromatic heterocycles. The molecule has 2 atom stereocenters. The molecule has 1 aliphatic carbocycles. The zero-order valence-electron chi connectivity index (χ0n) is 9.01. The number of ketones is 1. The van der Waals surface area contributed by atoms with Gasteiger partial charge in [0.25, 0.3) is 0 Å². The second-order valence-corrected chi connectivity index (χ2v) is 4.38. The molecule has 0 N–H and O–H groups in total. The van der Waals surface area contributed by atoms with Crippen molar-refractivity contribution < 1.29 is 4.79 Å². The van der Waals surface area contributed by atoms with E-state index in [1.165, 1.54) is 38.5 Å². The van der Waals surface area contributed by atoms with Crippen LogP contribution in [0.1, 0.15) is 58.8 Å². The van der Waals surface area contributed by atoms with Gasteiger partial charge in [0.05, 0.1) is 0 Å². The highest BCUT2D eigenvalue weighted by molar-refractivity contribution is 5.78. The van der Waals surface area contributed by atoms with Crippen LogP contribution >= 0.6 is 0 Å². The van der Waals surface area contributed by atoms with Crippen LogP contribution in [0.3, 0.4) is 0 Å². The number of carbonyl (C=O) groups is 1. The van der Waals surface area contributed by atoms with Crippen molar-refractivity contribution in [1.29, 1.82) is 0 Å². The number of hydrogen-bond acceptors (Lipinski definition) is 1. The van der Waals surface area contributed by atoms with Gasteiger partial charge in [0.15, 0.2) is 0 Å². The van der Waals surface area contributed by atoms with Gasteiger partial charge in [0.2, 0.25) is 0 Å². The van der Waals surface area contributed by atoms with Crippen molar-refractivity contribution in [1.82, 2.24) is 0 Å². The molecule has 0 saturated heterocycles. The summed E-state index contributed by atoms with van der Waals surface area (Å²) in [6.07, 6.45) is 8.92. The molecule has 13 heavy (non-hydrogen) atoms. The van der Waals surface area contributed by atoms with Gasteiger partial charge in [-0.3, -0.25) is 4.79 Å². The largest absolute Gasteiger partial charge is 0.300 e. The van der Waals surface area contributed by atoms with Crippen molar-refractivity contribution in [2.24, 2.45) is 11.8 Å². The maximum absolute atomic E-state index is 11.4. The molecule has 0 aliphatic heterocycles. The first-order valence-electron chi connectivity index (χ1n) is 5.76. The molecule has 1 nitrogen and oxygen atoms in total. The van der Waals surface area contributed by atoms with E-state index in [9.17, 15) is 4.79 Å². The Morgan fingerprint density at radius 3 is 2.31 bits per heavy atom. The first-order valence-corrected chi connectivity index (χ1v) is 5.76. The van der Waals surface area contributed by atoms with E-state index in [2.05, 4.69) is 6.92 Å². The first kappa shape index (κ1) is 10.7. The summed E-state index contributed by atoms with van der Waals surface area (Å²) in [7, 11) is 0. The van der Waals surface area contributed by atoms with Crippen molar-refractivity contribution >= 4 is 5.78 Å². The van der Waals surface area contributed by atoms with Gasteiger partial charge in [-0.2, -0.15) is 0 Å². The lowest BCUT2D eigenvalue weighted by molar-refractivity contribution is -0.123. The molecule has 0 aromatic carbocycles. The summed E-state index contributed by atoms with van der Waals surface area (Å²) < 4.78 is 0. The van der Waals surface area contributed by atoms with E-state index in [4.69, 9.17) is 0 Å². The fourth-order valence-corrected chi connectivity index (χ4v) is 2.59. The topological polar surface area (TPSA) is 17.1 Å². The summed E-state index contributed by atoms with van der Waals surface area (Å²) in [5.41, 5.74) is 0. The Hall–Kier alpha value is -0.330. The molecule has 0 bridgehead atoms. The molecule has 0 aromatic rings. The van der Waals surface area contributed by atoms with Crippen molar-refractivity contribution in [3.05, 3.63) is 0 Å². The van der Waals surface area contributed by atoms with Crippen LogP contribution in [0.2, 0.25) is 0 Å². The monoisotopic (exact) mass is 182 g/mol. The standard InChI is InChI=1S/C12H22O/c1-3-11-8-6-4-5-7-9-12(11)10(2)13/h11-12H,3-9H2,1-2H3/t11-,12?/m1/s1. The lowest BCUT2D eigenvalue weighted by Crippen LogP contribution is -2.22. The van der Waals surface area contributed by atoms with Crippen LogP contribution in [0, 0.1) is 11.8 Å². The second kappa shape index (κ2) is 5.41. The lowest BCUT2D eigenvalue weighted by Gasteiger charge is -2.26. The molecule has 76 valence electrons. The minimum atomic E-state index is 0.380. The van der Waals surface area contributed by atoms with Crippen molar-refractivity contribution in [2.75, 3.05) is 0 Å². The molecule has 0 spiro atoms. The Bertz CT molecular complexity index is 163. The smallest absolute Gasteiger partial charge is 0.133 e. The summed E-state index contributed by atoms with van der Waals surface area (Å²) in [5, 5.41) is 0. The molecule has 1 heteroatoms. The molecule has 0 heterocycles. The average Bonchev–Trinajstić information content (AvgIpc) is 2.03. The Balaban J connectivity index is 2.55. The third kappa shape index (κ3) is 3.13. The number of carbonyl (C=O) groups excluding carboxylic acids is 1. The van der Waals surface area contributed by atoms with Crippen LogP contribution < -0.4 is 0 Å². The van der Waals surface area contributed by atoms with E-state index in [-0.39, 0.29) is 0 Å². The van der Waals surface area contributed by atoms with E-state index < -0.39 is 0 Å². The Morgan fingerprint density at radius 1 is 1.15 bits per heavy atom. The molecule has 0 radical (unpaired) electrons. The fourth-order valence-electron chi connectivity index (χ4n) is 2.59. The van der Waals surface area contributed by atoms with E-state index in [1.54, 1.807) is 6.92 Å². The van der Waals surface area contributed by atoms with Gasteiger partial charge < -0.3 is 0 Å². The Kier molecular flexibility index (Phi) is 4.47. The number of Topliss-reactive ketones (excluding diaryl/α,β-unsaturated/α-hetero) is 1. The third-order valence-corrected chi connectivity index (χ3v) is 3.46. The zero-order chi connectivity index (χ0) is 9.68. The predicted octanol–water partition coefficient (Wildman–Crippen LogP) is 3.57. The van der Waals surface area contributed by atoms with Crippen LogP contribution in [0.4, 0.5) is 0 Å². The second-order valence-electron chi connectivity index (χ2n) is 4.38. The van der Waals surface area contributed by atoms with Crippen LogP contribution in [0.25, 0.3) is 0 Å². The van der Waals surface area contributed by atoms with E-state index >= 15 is 0 Å². The first-order chi connectivity index (χ1) is 6.25. The maximum atomic E-state index is 11.4. The molecule has 1 fully saturated rings. The summed E-state index contributed by atoms with van der Waals surface area (Å²) in [6.45, 7) is 4.00. The molecule has 1 unspecified atom stereocenters. The van der Waals surface area contributed by atoms with Crippen LogP contribution in [-0.2, 0) is 4.79 Å². The van der Waals surface area contributed by atoms with E-state index in [0.29, 0.717) is 17.6 Å².